The van der Waals surface area contributed by atoms with Crippen LogP contribution in [0.5, 0.6) is 0 Å². The van der Waals surface area contributed by atoms with Crippen LogP contribution in [0.4, 0.5) is 5.69 Å². The summed E-state index contributed by atoms with van der Waals surface area (Å²) in [6.07, 6.45) is 0. The molecule has 0 aromatic heterocycles. The Bertz CT molecular complexity index is 402. The van der Waals surface area contributed by atoms with E-state index in [9.17, 15) is 0 Å². The molecule has 1 saturated heterocycles. The Balaban J connectivity index is 2.36. The van der Waals surface area contributed by atoms with Gasteiger partial charge in [0.05, 0.1) is 0 Å². The Morgan fingerprint density at radius 2 is 2.06 bits per heavy atom. The Hall–Kier alpha value is -0.680. The van der Waals surface area contributed by atoms with Gasteiger partial charge >= 0.3 is 0 Å². The van der Waals surface area contributed by atoms with Crippen molar-refractivity contribution in [1.82, 2.24) is 0 Å². The number of anilines is 1. The number of nitrogens with one attached hydrogen (secondary N) is 1. The van der Waals surface area contributed by atoms with Crippen molar-refractivity contribution in [2.75, 3.05) is 29.5 Å². The zero-order valence-corrected chi connectivity index (χ0v) is 11.3. The molecule has 2 rings (SSSR count). The lowest BCUT2D eigenvalue weighted by molar-refractivity contribution is 0.857. The molecule has 5 heteroatoms. The monoisotopic (exact) mass is 299 g/mol. The van der Waals surface area contributed by atoms with E-state index in [0.717, 1.165) is 40.3 Å². The first-order chi connectivity index (χ1) is 7.68. The lowest BCUT2D eigenvalue weighted by Crippen LogP contribution is -2.34. The summed E-state index contributed by atoms with van der Waals surface area (Å²) >= 11 is 5.44. The second-order valence-electron chi connectivity index (χ2n) is 3.67. The van der Waals surface area contributed by atoms with Gasteiger partial charge < -0.3 is 10.6 Å². The average Bonchev–Trinajstić information content (AvgIpc) is 2.29. The van der Waals surface area contributed by atoms with Crippen LogP contribution in [0.15, 0.2) is 22.7 Å². The molecule has 86 valence electrons. The molecule has 3 nitrogen and oxygen atoms in total. The van der Waals surface area contributed by atoms with E-state index >= 15 is 0 Å². The first-order valence-corrected chi connectivity index (χ1v) is 7.10. The highest BCUT2D eigenvalue weighted by Crippen LogP contribution is 2.27. The molecule has 0 unspecified atom stereocenters. The molecule has 0 radical (unpaired) electrons. The predicted octanol–water partition coefficient (Wildman–Crippen LogP) is 2.29. The van der Waals surface area contributed by atoms with E-state index in [-0.39, 0.29) is 5.84 Å². The molecular weight excluding hydrogens is 286 g/mol. The van der Waals surface area contributed by atoms with Gasteiger partial charge in [0.2, 0.25) is 0 Å². The molecule has 3 N–H and O–H groups in total. The summed E-state index contributed by atoms with van der Waals surface area (Å²) in [5.41, 5.74) is 7.51. The summed E-state index contributed by atoms with van der Waals surface area (Å²) in [4.78, 5) is 2.30. The summed E-state index contributed by atoms with van der Waals surface area (Å²) in [6.45, 7) is 2.06. The van der Waals surface area contributed by atoms with Crippen LogP contribution in [0.3, 0.4) is 0 Å². The van der Waals surface area contributed by atoms with Gasteiger partial charge in [-0.1, -0.05) is 15.9 Å². The first kappa shape index (κ1) is 11.8. The molecule has 1 aliphatic heterocycles. The van der Waals surface area contributed by atoms with Gasteiger partial charge in [0.25, 0.3) is 0 Å². The van der Waals surface area contributed by atoms with Gasteiger partial charge in [-0.2, -0.15) is 11.8 Å². The Labute approximate surface area is 108 Å². The Morgan fingerprint density at radius 3 is 2.69 bits per heavy atom. The normalized spacial score (nSPS) is 16.2. The van der Waals surface area contributed by atoms with Gasteiger partial charge in [-0.25, -0.2) is 0 Å². The van der Waals surface area contributed by atoms with Gasteiger partial charge in [-0.15, -0.1) is 0 Å². The van der Waals surface area contributed by atoms with Gasteiger partial charge in [-0.05, 0) is 18.2 Å². The van der Waals surface area contributed by atoms with Crippen molar-refractivity contribution in [3.05, 3.63) is 28.2 Å². The average molecular weight is 300 g/mol. The minimum Gasteiger partial charge on any atom is -0.384 e. The summed E-state index contributed by atoms with van der Waals surface area (Å²) in [6, 6.07) is 5.88. The Kier molecular flexibility index (Phi) is 3.76. The van der Waals surface area contributed by atoms with Crippen LogP contribution in [0.1, 0.15) is 5.56 Å². The number of halogens is 1. The van der Waals surface area contributed by atoms with E-state index in [0.29, 0.717) is 0 Å². The van der Waals surface area contributed by atoms with E-state index in [1.807, 2.05) is 30.0 Å². The van der Waals surface area contributed by atoms with Crippen molar-refractivity contribution in [2.45, 2.75) is 0 Å². The first-order valence-electron chi connectivity index (χ1n) is 5.15. The number of rotatable bonds is 2. The summed E-state index contributed by atoms with van der Waals surface area (Å²) in [7, 11) is 0. The second kappa shape index (κ2) is 5.10. The van der Waals surface area contributed by atoms with Gasteiger partial charge in [-0.3, -0.25) is 5.41 Å². The van der Waals surface area contributed by atoms with Crippen molar-refractivity contribution in [1.29, 1.82) is 5.41 Å². The summed E-state index contributed by atoms with van der Waals surface area (Å²) in [5.74, 6) is 2.42. The summed E-state index contributed by atoms with van der Waals surface area (Å²) < 4.78 is 1.03. The lowest BCUT2D eigenvalue weighted by Gasteiger charge is -2.30. The minimum absolute atomic E-state index is 0.140. The number of nitrogens with two attached hydrogens (primary N) is 1. The molecule has 1 aromatic rings. The van der Waals surface area contributed by atoms with Crippen molar-refractivity contribution < 1.29 is 0 Å². The van der Waals surface area contributed by atoms with Crippen LogP contribution in [-0.2, 0) is 0 Å². The van der Waals surface area contributed by atoms with Crippen LogP contribution in [0.2, 0.25) is 0 Å². The van der Waals surface area contributed by atoms with E-state index in [1.165, 1.54) is 0 Å². The molecule has 0 amide bonds. The molecule has 0 saturated carbocycles. The van der Waals surface area contributed by atoms with Gasteiger partial charge in [0.1, 0.15) is 5.84 Å². The highest BCUT2D eigenvalue weighted by molar-refractivity contribution is 9.10. The minimum atomic E-state index is 0.140. The molecular formula is C11H14BrN3S. The van der Waals surface area contributed by atoms with E-state index in [1.54, 1.807) is 0 Å². The highest BCUT2D eigenvalue weighted by atomic mass is 79.9. The second-order valence-corrected chi connectivity index (χ2v) is 5.81. The summed E-state index contributed by atoms with van der Waals surface area (Å²) in [5, 5.41) is 7.60. The van der Waals surface area contributed by atoms with Gasteiger partial charge in [0.15, 0.2) is 0 Å². The number of nitrogens with zero attached hydrogens (tertiary/aromatic N) is 1. The van der Waals surface area contributed by atoms with Crippen molar-refractivity contribution in [3.63, 3.8) is 0 Å². The number of thioether (sulfide) groups is 1. The molecule has 1 aromatic carbocycles. The smallest absolute Gasteiger partial charge is 0.124 e. The molecule has 0 bridgehead atoms. The molecule has 0 aliphatic carbocycles. The third-order valence-electron chi connectivity index (χ3n) is 2.60. The Morgan fingerprint density at radius 1 is 1.38 bits per heavy atom. The van der Waals surface area contributed by atoms with E-state index < -0.39 is 0 Å². The zero-order valence-electron chi connectivity index (χ0n) is 8.87. The van der Waals surface area contributed by atoms with Crippen LogP contribution >= 0.6 is 27.7 Å². The van der Waals surface area contributed by atoms with Crippen LogP contribution in [0.25, 0.3) is 0 Å². The largest absolute Gasteiger partial charge is 0.384 e. The molecule has 1 heterocycles. The fourth-order valence-electron chi connectivity index (χ4n) is 1.80. The molecule has 0 spiro atoms. The van der Waals surface area contributed by atoms with Crippen LogP contribution in [0, 0.1) is 5.41 Å². The van der Waals surface area contributed by atoms with Crippen molar-refractivity contribution in [2.24, 2.45) is 5.73 Å². The van der Waals surface area contributed by atoms with Crippen LogP contribution < -0.4 is 10.6 Å². The highest BCUT2D eigenvalue weighted by Gasteiger charge is 2.16. The maximum atomic E-state index is 7.60. The molecule has 1 aliphatic rings. The molecule has 1 fully saturated rings. The fraction of sp³-hybridized carbons (Fsp3) is 0.364. The maximum Gasteiger partial charge on any atom is 0.124 e. The topological polar surface area (TPSA) is 53.1 Å². The molecule has 0 atom stereocenters. The third kappa shape index (κ3) is 2.52. The maximum absolute atomic E-state index is 7.60. The third-order valence-corrected chi connectivity index (χ3v) is 4.04. The van der Waals surface area contributed by atoms with E-state index in [4.69, 9.17) is 11.1 Å². The quantitative estimate of drug-likeness (QED) is 0.651. The van der Waals surface area contributed by atoms with Crippen molar-refractivity contribution >= 4 is 39.2 Å². The fourth-order valence-corrected chi connectivity index (χ4v) is 3.05. The number of benzene rings is 1. The number of hydrogen-bond donors (Lipinski definition) is 2. The number of amidine groups is 1. The predicted molar refractivity (Wildman–Crippen MR) is 74.7 cm³/mol. The lowest BCUT2D eigenvalue weighted by atomic mass is 10.1. The number of nitrogen functional groups attached to an aromatic ring is 1. The zero-order chi connectivity index (χ0) is 11.5. The van der Waals surface area contributed by atoms with Gasteiger partial charge in [0, 0.05) is 40.3 Å². The standard InChI is InChI=1S/C11H14BrN3S/c12-8-1-2-9(11(13)14)10(7-8)15-3-5-16-6-4-15/h1-2,7H,3-6H2,(H3,13,14). The van der Waals surface area contributed by atoms with Crippen LogP contribution in [-0.4, -0.2) is 30.4 Å². The van der Waals surface area contributed by atoms with E-state index in [2.05, 4.69) is 20.8 Å². The number of hydrogen-bond acceptors (Lipinski definition) is 3. The van der Waals surface area contributed by atoms with Crippen molar-refractivity contribution in [3.8, 4) is 0 Å². The SMILES string of the molecule is N=C(N)c1ccc(Br)cc1N1CCSCC1. The molecule has 16 heavy (non-hydrogen) atoms.